The van der Waals surface area contributed by atoms with Crippen molar-refractivity contribution >= 4 is 29.4 Å². The summed E-state index contributed by atoms with van der Waals surface area (Å²) in [6, 6.07) is 21.1. The minimum absolute atomic E-state index is 0.0372. The molecule has 2 amide bonds. The van der Waals surface area contributed by atoms with Crippen molar-refractivity contribution in [3.63, 3.8) is 0 Å². The number of aliphatic carboxylic acids is 1. The largest absolute Gasteiger partial charge is 0.480 e. The number of halogens is 1. The van der Waals surface area contributed by atoms with Crippen LogP contribution in [0.4, 0.5) is 0 Å². The Hall–Kier alpha value is -3.64. The number of amides is 2. The maximum Gasteiger partial charge on any atom is 0.323 e. The second kappa shape index (κ2) is 10.1. The highest BCUT2D eigenvalue weighted by Crippen LogP contribution is 2.27. The fourth-order valence-electron chi connectivity index (χ4n) is 4.24. The number of hydrogen-bond donors (Lipinski definition) is 1. The van der Waals surface area contributed by atoms with E-state index < -0.39 is 24.5 Å². The number of nitrogens with zero attached hydrogens (tertiary/aromatic N) is 2. The Morgan fingerprint density at radius 1 is 0.971 bits per heavy atom. The molecule has 0 aliphatic carbocycles. The van der Waals surface area contributed by atoms with Crippen LogP contribution in [0.2, 0.25) is 5.02 Å². The van der Waals surface area contributed by atoms with Gasteiger partial charge in [0, 0.05) is 30.1 Å². The van der Waals surface area contributed by atoms with Gasteiger partial charge < -0.3 is 14.9 Å². The Balaban J connectivity index is 1.69. The Morgan fingerprint density at radius 3 is 2.29 bits per heavy atom. The van der Waals surface area contributed by atoms with Crippen LogP contribution in [0.1, 0.15) is 32.6 Å². The third kappa shape index (κ3) is 5.13. The Bertz CT molecular complexity index is 1230. The van der Waals surface area contributed by atoms with Gasteiger partial charge in [-0.05, 0) is 41.8 Å². The minimum Gasteiger partial charge on any atom is -0.480 e. The third-order valence-corrected chi connectivity index (χ3v) is 6.42. The summed E-state index contributed by atoms with van der Waals surface area (Å²) < 4.78 is 0. The molecule has 1 heterocycles. The second-order valence-electron chi connectivity index (χ2n) is 8.47. The van der Waals surface area contributed by atoms with Crippen LogP contribution in [0.25, 0.3) is 0 Å². The van der Waals surface area contributed by atoms with Gasteiger partial charge in [0.1, 0.15) is 12.6 Å². The predicted molar refractivity (Wildman–Crippen MR) is 129 cm³/mol. The zero-order valence-corrected chi connectivity index (χ0v) is 19.5. The summed E-state index contributed by atoms with van der Waals surface area (Å²) in [7, 11) is 0. The molecule has 1 unspecified atom stereocenters. The third-order valence-electron chi connectivity index (χ3n) is 6.05. The number of hydrogen-bond acceptors (Lipinski definition) is 3. The van der Waals surface area contributed by atoms with E-state index in [0.29, 0.717) is 22.6 Å². The highest BCUT2D eigenvalue weighted by Gasteiger charge is 2.37. The molecule has 0 fully saturated rings. The van der Waals surface area contributed by atoms with Crippen molar-refractivity contribution in [2.75, 3.05) is 6.54 Å². The summed E-state index contributed by atoms with van der Waals surface area (Å²) in [4.78, 5) is 41.7. The molecule has 0 spiro atoms. The van der Waals surface area contributed by atoms with E-state index in [1.165, 1.54) is 4.90 Å². The monoisotopic (exact) mass is 476 g/mol. The molecule has 3 aromatic rings. The van der Waals surface area contributed by atoms with Crippen LogP contribution in [-0.2, 0) is 29.1 Å². The first-order valence-corrected chi connectivity index (χ1v) is 11.4. The molecule has 1 aliphatic rings. The first-order chi connectivity index (χ1) is 16.3. The van der Waals surface area contributed by atoms with Crippen molar-refractivity contribution < 1.29 is 19.5 Å². The Morgan fingerprint density at radius 2 is 1.62 bits per heavy atom. The zero-order valence-electron chi connectivity index (χ0n) is 18.8. The van der Waals surface area contributed by atoms with Gasteiger partial charge in [-0.2, -0.15) is 0 Å². The molecule has 0 saturated carbocycles. The topological polar surface area (TPSA) is 77.9 Å². The van der Waals surface area contributed by atoms with Crippen LogP contribution >= 0.6 is 11.6 Å². The number of carboxylic acid groups (broad SMARTS) is 1. The lowest BCUT2D eigenvalue weighted by Gasteiger charge is -2.38. The van der Waals surface area contributed by atoms with Crippen LogP contribution in [0, 0.1) is 6.92 Å². The van der Waals surface area contributed by atoms with E-state index in [1.807, 2.05) is 43.3 Å². The van der Waals surface area contributed by atoms with Gasteiger partial charge in [0.25, 0.3) is 5.91 Å². The maximum absolute atomic E-state index is 13.8. The molecular formula is C27H25ClN2O4. The number of carbonyl (C=O) groups excluding carboxylic acids is 2. The lowest BCUT2D eigenvalue weighted by molar-refractivity contribution is -0.147. The molecule has 3 aromatic carbocycles. The first-order valence-electron chi connectivity index (χ1n) is 11.0. The molecular weight excluding hydrogens is 452 g/mol. The van der Waals surface area contributed by atoms with E-state index in [-0.39, 0.29) is 19.0 Å². The van der Waals surface area contributed by atoms with Gasteiger partial charge in [-0.3, -0.25) is 14.4 Å². The van der Waals surface area contributed by atoms with E-state index in [2.05, 4.69) is 0 Å². The average molecular weight is 477 g/mol. The van der Waals surface area contributed by atoms with Crippen LogP contribution in [-0.4, -0.2) is 45.3 Å². The van der Waals surface area contributed by atoms with Crippen LogP contribution < -0.4 is 0 Å². The first kappa shape index (κ1) is 23.5. The summed E-state index contributed by atoms with van der Waals surface area (Å²) >= 11 is 6.28. The lowest BCUT2D eigenvalue weighted by atomic mass is 9.92. The van der Waals surface area contributed by atoms with Crippen molar-refractivity contribution in [1.82, 2.24) is 9.80 Å². The smallest absolute Gasteiger partial charge is 0.323 e. The summed E-state index contributed by atoms with van der Waals surface area (Å²) in [6.45, 7) is 1.76. The number of carboxylic acids is 1. The summed E-state index contributed by atoms with van der Waals surface area (Å²) in [5, 5.41) is 9.96. The summed E-state index contributed by atoms with van der Waals surface area (Å²) in [6.07, 6.45) is 0.311. The molecule has 34 heavy (non-hydrogen) atoms. The van der Waals surface area contributed by atoms with Crippen molar-refractivity contribution in [3.8, 4) is 0 Å². The normalized spacial score (nSPS) is 14.9. The minimum atomic E-state index is -1.13. The van der Waals surface area contributed by atoms with E-state index in [9.17, 15) is 19.5 Å². The van der Waals surface area contributed by atoms with Gasteiger partial charge in [-0.15, -0.1) is 0 Å². The fourth-order valence-corrected chi connectivity index (χ4v) is 4.43. The molecule has 1 atom stereocenters. The molecule has 0 radical (unpaired) electrons. The number of carbonyl (C=O) groups is 3. The summed E-state index contributed by atoms with van der Waals surface area (Å²) in [5.74, 6) is -1.81. The standard InChI is InChI=1S/C27H25ClN2O4/c1-18-10-12-19(13-11-18)26(33)30-16-21-7-3-2-6-20(21)14-24(30)27(34)29(17-25(31)32)15-22-8-4-5-9-23(22)28/h2-13,24H,14-17H2,1H3,(H,31,32). The maximum atomic E-state index is 13.8. The van der Waals surface area contributed by atoms with E-state index in [0.717, 1.165) is 16.7 Å². The second-order valence-corrected chi connectivity index (χ2v) is 8.87. The Kier molecular flexibility index (Phi) is 6.98. The van der Waals surface area contributed by atoms with Crippen LogP contribution in [0.5, 0.6) is 0 Å². The van der Waals surface area contributed by atoms with E-state index in [4.69, 9.17) is 11.6 Å². The molecule has 1 N–H and O–H groups in total. The van der Waals surface area contributed by atoms with Crippen LogP contribution in [0.15, 0.2) is 72.8 Å². The highest BCUT2D eigenvalue weighted by atomic mass is 35.5. The quantitative estimate of drug-likeness (QED) is 0.574. The SMILES string of the molecule is Cc1ccc(C(=O)N2Cc3ccccc3CC2C(=O)N(CC(=O)O)Cc2ccccc2Cl)cc1. The average Bonchev–Trinajstić information content (AvgIpc) is 2.83. The molecule has 4 rings (SSSR count). The molecule has 174 valence electrons. The lowest BCUT2D eigenvalue weighted by Crippen LogP contribution is -2.54. The molecule has 0 aromatic heterocycles. The van der Waals surface area contributed by atoms with Crippen molar-refractivity contribution in [3.05, 3.63) is 106 Å². The molecule has 0 bridgehead atoms. The van der Waals surface area contributed by atoms with Gasteiger partial charge in [0.2, 0.25) is 5.91 Å². The van der Waals surface area contributed by atoms with E-state index >= 15 is 0 Å². The van der Waals surface area contributed by atoms with Gasteiger partial charge in [0.05, 0.1) is 0 Å². The van der Waals surface area contributed by atoms with Gasteiger partial charge in [-0.1, -0.05) is 71.8 Å². The van der Waals surface area contributed by atoms with Gasteiger partial charge in [0.15, 0.2) is 0 Å². The Labute approximate surface area is 203 Å². The fraction of sp³-hybridized carbons (Fsp3) is 0.222. The van der Waals surface area contributed by atoms with Crippen molar-refractivity contribution in [1.29, 1.82) is 0 Å². The highest BCUT2D eigenvalue weighted by molar-refractivity contribution is 6.31. The van der Waals surface area contributed by atoms with Crippen molar-refractivity contribution in [2.24, 2.45) is 0 Å². The zero-order chi connectivity index (χ0) is 24.2. The summed E-state index contributed by atoms with van der Waals surface area (Å²) in [5.41, 5.74) is 4.11. The van der Waals surface area contributed by atoms with Gasteiger partial charge in [-0.25, -0.2) is 0 Å². The van der Waals surface area contributed by atoms with Crippen LogP contribution in [0.3, 0.4) is 0 Å². The van der Waals surface area contributed by atoms with E-state index in [1.54, 1.807) is 41.3 Å². The molecule has 6 nitrogen and oxygen atoms in total. The molecule has 1 aliphatic heterocycles. The number of benzene rings is 3. The number of aryl methyl sites for hydroxylation is 1. The van der Waals surface area contributed by atoms with Crippen molar-refractivity contribution in [2.45, 2.75) is 32.5 Å². The molecule has 7 heteroatoms. The van der Waals surface area contributed by atoms with Gasteiger partial charge >= 0.3 is 5.97 Å². The number of fused-ring (bicyclic) bond motifs is 1. The molecule has 0 saturated heterocycles. The predicted octanol–water partition coefficient (Wildman–Crippen LogP) is 4.33. The number of rotatable bonds is 6.